The van der Waals surface area contributed by atoms with E-state index in [1.165, 1.54) is 7.11 Å². The first kappa shape index (κ1) is 17.0. The predicted octanol–water partition coefficient (Wildman–Crippen LogP) is 3.88. The Hall–Kier alpha value is -1.79. The number of nitrogens with zero attached hydrogens (tertiary/aromatic N) is 1. The highest BCUT2D eigenvalue weighted by molar-refractivity contribution is 9.10. The molecule has 0 aliphatic carbocycles. The lowest BCUT2D eigenvalue weighted by Gasteiger charge is -2.28. The van der Waals surface area contributed by atoms with Gasteiger partial charge in [0.05, 0.1) is 7.11 Å². The molecule has 2 aromatic carbocycles. The third-order valence-electron chi connectivity index (χ3n) is 3.86. The normalized spacial score (nSPS) is 20.0. The van der Waals surface area contributed by atoms with Crippen LogP contribution in [0.2, 0.25) is 0 Å². The van der Waals surface area contributed by atoms with Crippen LogP contribution in [0.1, 0.15) is 21.3 Å². The number of amides is 1. The van der Waals surface area contributed by atoms with Crippen LogP contribution in [0.5, 0.6) is 0 Å². The van der Waals surface area contributed by atoms with E-state index in [2.05, 4.69) is 15.9 Å². The van der Waals surface area contributed by atoms with Crippen molar-refractivity contribution >= 4 is 39.6 Å². The van der Waals surface area contributed by atoms with Crippen LogP contribution in [0.4, 0.5) is 0 Å². The van der Waals surface area contributed by atoms with E-state index in [4.69, 9.17) is 4.74 Å². The van der Waals surface area contributed by atoms with Gasteiger partial charge in [0.1, 0.15) is 11.4 Å². The molecule has 1 aliphatic heterocycles. The minimum atomic E-state index is -0.586. The Morgan fingerprint density at radius 1 is 1.17 bits per heavy atom. The van der Waals surface area contributed by atoms with Gasteiger partial charge in [-0.1, -0.05) is 52.3 Å². The zero-order valence-electron chi connectivity index (χ0n) is 13.0. The van der Waals surface area contributed by atoms with E-state index < -0.39 is 6.04 Å². The van der Waals surface area contributed by atoms with Crippen LogP contribution in [-0.4, -0.2) is 35.7 Å². The summed E-state index contributed by atoms with van der Waals surface area (Å²) in [5.41, 5.74) is 1.54. The molecule has 0 spiro atoms. The van der Waals surface area contributed by atoms with Gasteiger partial charge in [-0.3, -0.25) is 4.79 Å². The van der Waals surface area contributed by atoms with Gasteiger partial charge in [0.15, 0.2) is 0 Å². The highest BCUT2D eigenvalue weighted by Gasteiger charge is 2.43. The first-order valence-electron chi connectivity index (χ1n) is 7.44. The van der Waals surface area contributed by atoms with Gasteiger partial charge in [-0.15, -0.1) is 11.8 Å². The zero-order chi connectivity index (χ0) is 17.1. The Kier molecular flexibility index (Phi) is 5.26. The van der Waals surface area contributed by atoms with Crippen molar-refractivity contribution < 1.29 is 14.3 Å². The third-order valence-corrected chi connectivity index (χ3v) is 5.68. The first-order valence-corrected chi connectivity index (χ1v) is 9.28. The molecule has 4 nitrogen and oxygen atoms in total. The van der Waals surface area contributed by atoms with Crippen LogP contribution in [0.25, 0.3) is 0 Å². The summed E-state index contributed by atoms with van der Waals surface area (Å²) in [6.07, 6.45) is 0. The first-order chi connectivity index (χ1) is 11.6. The molecule has 0 bridgehead atoms. The fourth-order valence-electron chi connectivity index (χ4n) is 2.72. The molecule has 0 saturated carbocycles. The number of halogens is 1. The van der Waals surface area contributed by atoms with Gasteiger partial charge in [0, 0.05) is 15.8 Å². The Balaban J connectivity index is 1.99. The highest BCUT2D eigenvalue weighted by atomic mass is 79.9. The maximum absolute atomic E-state index is 13.1. The molecule has 1 fully saturated rings. The summed E-state index contributed by atoms with van der Waals surface area (Å²) in [7, 11) is 1.35. The van der Waals surface area contributed by atoms with Crippen molar-refractivity contribution in [1.29, 1.82) is 0 Å². The second kappa shape index (κ2) is 7.40. The van der Waals surface area contributed by atoms with E-state index >= 15 is 0 Å². The number of esters is 1. The Bertz CT molecular complexity index is 753. The minimum absolute atomic E-state index is 0.175. The number of methoxy groups -OCH3 is 1. The summed E-state index contributed by atoms with van der Waals surface area (Å²) in [4.78, 5) is 26.9. The van der Waals surface area contributed by atoms with Crippen molar-refractivity contribution in [3.05, 3.63) is 70.2 Å². The van der Waals surface area contributed by atoms with Gasteiger partial charge in [0.25, 0.3) is 5.91 Å². The lowest BCUT2D eigenvalue weighted by molar-refractivity contribution is -0.145. The van der Waals surface area contributed by atoms with E-state index in [9.17, 15) is 9.59 Å². The van der Waals surface area contributed by atoms with Crippen LogP contribution >= 0.6 is 27.7 Å². The lowest BCUT2D eigenvalue weighted by Crippen LogP contribution is -2.43. The Morgan fingerprint density at radius 2 is 1.92 bits per heavy atom. The van der Waals surface area contributed by atoms with Gasteiger partial charge in [-0.2, -0.15) is 0 Å². The van der Waals surface area contributed by atoms with Gasteiger partial charge >= 0.3 is 5.97 Å². The molecule has 0 aromatic heterocycles. The topological polar surface area (TPSA) is 46.6 Å². The summed E-state index contributed by atoms with van der Waals surface area (Å²) in [6, 6.07) is 16.4. The average Bonchev–Trinajstić information content (AvgIpc) is 3.06. The van der Waals surface area contributed by atoms with Crippen molar-refractivity contribution in [2.75, 3.05) is 12.9 Å². The fraction of sp³-hybridized carbons (Fsp3) is 0.222. The quantitative estimate of drug-likeness (QED) is 0.726. The van der Waals surface area contributed by atoms with Crippen LogP contribution in [0.15, 0.2) is 59.1 Å². The maximum Gasteiger partial charge on any atom is 0.329 e. The summed E-state index contributed by atoms with van der Waals surface area (Å²) < 4.78 is 5.73. The number of benzene rings is 2. The van der Waals surface area contributed by atoms with Crippen LogP contribution in [0.3, 0.4) is 0 Å². The second-order valence-corrected chi connectivity index (χ2v) is 7.39. The molecule has 6 heteroatoms. The van der Waals surface area contributed by atoms with E-state index in [1.807, 2.05) is 42.5 Å². The number of hydrogen-bond donors (Lipinski definition) is 0. The number of hydrogen-bond acceptors (Lipinski definition) is 4. The average molecular weight is 406 g/mol. The van der Waals surface area contributed by atoms with Gasteiger partial charge in [0.2, 0.25) is 0 Å². The van der Waals surface area contributed by atoms with Crippen LogP contribution < -0.4 is 0 Å². The van der Waals surface area contributed by atoms with Crippen molar-refractivity contribution in [1.82, 2.24) is 4.90 Å². The largest absolute Gasteiger partial charge is 0.467 e. The maximum atomic E-state index is 13.1. The molecule has 1 aliphatic rings. The molecule has 0 N–H and O–H groups in total. The highest BCUT2D eigenvalue weighted by Crippen LogP contribution is 2.42. The third kappa shape index (κ3) is 3.35. The number of carbonyl (C=O) groups is 2. The summed E-state index contributed by atoms with van der Waals surface area (Å²) in [5.74, 6) is -0.0405. The molecule has 2 unspecified atom stereocenters. The minimum Gasteiger partial charge on any atom is -0.467 e. The predicted molar refractivity (Wildman–Crippen MR) is 97.8 cm³/mol. The van der Waals surface area contributed by atoms with Gasteiger partial charge < -0.3 is 9.64 Å². The molecule has 124 valence electrons. The molecule has 1 saturated heterocycles. The molecule has 2 aromatic rings. The summed E-state index contributed by atoms with van der Waals surface area (Å²) in [6.45, 7) is 0. The van der Waals surface area contributed by atoms with E-state index in [-0.39, 0.29) is 17.3 Å². The molecule has 2 atom stereocenters. The van der Waals surface area contributed by atoms with Crippen LogP contribution in [0, 0.1) is 0 Å². The zero-order valence-corrected chi connectivity index (χ0v) is 15.4. The molecular formula is C18H16BrNO3S. The molecule has 3 rings (SSSR count). The number of thioether (sulfide) groups is 1. The summed E-state index contributed by atoms with van der Waals surface area (Å²) in [5, 5.41) is -0.207. The Labute approximate surface area is 153 Å². The van der Waals surface area contributed by atoms with Gasteiger partial charge in [-0.05, 0) is 23.8 Å². The molecule has 24 heavy (non-hydrogen) atoms. The molecular weight excluding hydrogens is 390 g/mol. The molecule has 0 radical (unpaired) electrons. The number of ether oxygens (including phenoxy) is 1. The molecule has 1 amide bonds. The SMILES string of the molecule is COC(=O)C1CSC(c2ccccc2)N1C(=O)c1cccc(Br)c1. The van der Waals surface area contributed by atoms with Crippen molar-refractivity contribution in [2.24, 2.45) is 0 Å². The lowest BCUT2D eigenvalue weighted by atomic mass is 10.1. The molecule has 1 heterocycles. The summed E-state index contributed by atoms with van der Waals surface area (Å²) >= 11 is 4.96. The van der Waals surface area contributed by atoms with E-state index in [0.29, 0.717) is 11.3 Å². The van der Waals surface area contributed by atoms with Crippen molar-refractivity contribution in [3.63, 3.8) is 0 Å². The number of rotatable bonds is 3. The smallest absolute Gasteiger partial charge is 0.329 e. The standard InChI is InChI=1S/C18H16BrNO3S/c1-23-18(22)15-11-24-17(12-6-3-2-4-7-12)20(15)16(21)13-8-5-9-14(19)10-13/h2-10,15,17H,11H2,1H3. The van der Waals surface area contributed by atoms with E-state index in [0.717, 1.165) is 10.0 Å². The van der Waals surface area contributed by atoms with Gasteiger partial charge in [-0.25, -0.2) is 4.79 Å². The second-order valence-electron chi connectivity index (χ2n) is 5.36. The fourth-order valence-corrected chi connectivity index (χ4v) is 4.53. The van der Waals surface area contributed by atoms with Crippen molar-refractivity contribution in [2.45, 2.75) is 11.4 Å². The van der Waals surface area contributed by atoms with Crippen LogP contribution in [-0.2, 0) is 9.53 Å². The Morgan fingerprint density at radius 3 is 2.58 bits per heavy atom. The van der Waals surface area contributed by atoms with Crippen molar-refractivity contribution in [3.8, 4) is 0 Å². The van der Waals surface area contributed by atoms with E-state index in [1.54, 1.807) is 28.8 Å². The number of carbonyl (C=O) groups excluding carboxylic acids is 2. The monoisotopic (exact) mass is 405 g/mol.